The maximum atomic E-state index is 13.4. The summed E-state index contributed by atoms with van der Waals surface area (Å²) in [7, 11) is -3.58. The molecule has 158 valence electrons. The Morgan fingerprint density at radius 3 is 2.43 bits per heavy atom. The van der Waals surface area contributed by atoms with Crippen molar-refractivity contribution in [1.29, 1.82) is 0 Å². The van der Waals surface area contributed by atoms with E-state index in [4.69, 9.17) is 34.8 Å². The van der Waals surface area contributed by atoms with E-state index >= 15 is 0 Å². The molecular formula is C20H16Cl3FN2O2S2. The number of rotatable bonds is 4. The molecule has 1 aromatic heterocycles. The highest BCUT2D eigenvalue weighted by Crippen LogP contribution is 2.35. The van der Waals surface area contributed by atoms with Crippen molar-refractivity contribution >= 4 is 61.1 Å². The van der Waals surface area contributed by atoms with Gasteiger partial charge in [-0.05, 0) is 49.2 Å². The summed E-state index contributed by atoms with van der Waals surface area (Å²) in [6.07, 6.45) is 0.905. The molecule has 0 saturated carbocycles. The molecule has 4 rings (SSSR count). The number of nitrogens with zero attached hydrogens (tertiary/aromatic N) is 2. The number of halogens is 4. The molecule has 0 unspecified atom stereocenters. The largest absolute Gasteiger partial charge is 0.348 e. The minimum atomic E-state index is -3.58. The maximum absolute atomic E-state index is 13.4. The highest BCUT2D eigenvalue weighted by molar-refractivity contribution is 7.92. The molecule has 0 radical (unpaired) electrons. The second kappa shape index (κ2) is 8.63. The molecule has 4 nitrogen and oxygen atoms in total. The zero-order valence-electron chi connectivity index (χ0n) is 15.5. The Bertz CT molecular complexity index is 1190. The van der Waals surface area contributed by atoms with Gasteiger partial charge in [-0.1, -0.05) is 34.8 Å². The van der Waals surface area contributed by atoms with Gasteiger partial charge in [0.25, 0.3) is 0 Å². The van der Waals surface area contributed by atoms with Gasteiger partial charge in [0.1, 0.15) is 5.82 Å². The minimum Gasteiger partial charge on any atom is -0.348 e. The summed E-state index contributed by atoms with van der Waals surface area (Å²) in [5, 5.41) is 3.10. The van der Waals surface area contributed by atoms with Crippen molar-refractivity contribution in [3.63, 3.8) is 0 Å². The van der Waals surface area contributed by atoms with E-state index in [-0.39, 0.29) is 9.92 Å². The van der Waals surface area contributed by atoms with Crippen LogP contribution in [0, 0.1) is 5.82 Å². The van der Waals surface area contributed by atoms with Crippen molar-refractivity contribution in [3.8, 4) is 11.3 Å². The predicted molar refractivity (Wildman–Crippen MR) is 121 cm³/mol. The minimum absolute atomic E-state index is 0.0567. The van der Waals surface area contributed by atoms with Gasteiger partial charge in [-0.3, -0.25) is 0 Å². The van der Waals surface area contributed by atoms with E-state index in [1.807, 2.05) is 11.4 Å². The van der Waals surface area contributed by atoms with E-state index in [9.17, 15) is 12.8 Å². The SMILES string of the molecule is O=S(=O)(c1ccc(F)c(Cl)c1)C1CCN(c2nc(-c3ccc(Cl)cc3Cl)cs2)CC1. The molecule has 0 atom stereocenters. The number of hydrogen-bond acceptors (Lipinski definition) is 5. The molecule has 2 aromatic carbocycles. The summed E-state index contributed by atoms with van der Waals surface area (Å²) in [6, 6.07) is 8.81. The predicted octanol–water partition coefficient (Wildman–Crippen LogP) is 6.35. The highest BCUT2D eigenvalue weighted by Gasteiger charge is 2.32. The van der Waals surface area contributed by atoms with E-state index in [0.29, 0.717) is 36.0 Å². The molecule has 30 heavy (non-hydrogen) atoms. The number of benzene rings is 2. The lowest BCUT2D eigenvalue weighted by molar-refractivity contribution is 0.529. The Balaban J connectivity index is 1.47. The Labute approximate surface area is 193 Å². The standard InChI is InChI=1S/C20H16Cl3FN2O2S2/c21-12-1-3-15(16(22)9-12)19-11-29-20(25-19)26-7-5-13(6-8-26)30(27,28)14-2-4-18(24)17(23)10-14/h1-4,9-11,13H,5-8H2. The lowest BCUT2D eigenvalue weighted by atomic mass is 10.1. The first kappa shape index (κ1) is 21.8. The van der Waals surface area contributed by atoms with Crippen LogP contribution in [0.15, 0.2) is 46.7 Å². The van der Waals surface area contributed by atoms with Gasteiger partial charge in [0.2, 0.25) is 0 Å². The topological polar surface area (TPSA) is 50.3 Å². The lowest BCUT2D eigenvalue weighted by Gasteiger charge is -2.31. The molecular weight excluding hydrogens is 490 g/mol. The summed E-state index contributed by atoms with van der Waals surface area (Å²) < 4.78 is 39.2. The molecule has 10 heteroatoms. The zero-order valence-corrected chi connectivity index (χ0v) is 19.4. The van der Waals surface area contributed by atoms with Crippen LogP contribution in [0.5, 0.6) is 0 Å². The first-order valence-corrected chi connectivity index (χ1v) is 12.7. The quantitative estimate of drug-likeness (QED) is 0.388. The monoisotopic (exact) mass is 504 g/mol. The number of piperidine rings is 1. The van der Waals surface area contributed by atoms with Gasteiger partial charge in [0.05, 0.1) is 25.9 Å². The van der Waals surface area contributed by atoms with Gasteiger partial charge in [0, 0.05) is 29.1 Å². The summed E-state index contributed by atoms with van der Waals surface area (Å²) in [6.45, 7) is 1.11. The highest BCUT2D eigenvalue weighted by atomic mass is 35.5. The fraction of sp³-hybridized carbons (Fsp3) is 0.250. The molecule has 1 saturated heterocycles. The smallest absolute Gasteiger partial charge is 0.185 e. The van der Waals surface area contributed by atoms with Gasteiger partial charge >= 0.3 is 0 Å². The molecule has 1 fully saturated rings. The summed E-state index contributed by atoms with van der Waals surface area (Å²) in [4.78, 5) is 6.80. The van der Waals surface area contributed by atoms with Gasteiger partial charge in [-0.25, -0.2) is 17.8 Å². The molecule has 0 amide bonds. The Morgan fingerprint density at radius 2 is 1.77 bits per heavy atom. The molecule has 0 N–H and O–H groups in total. The van der Waals surface area contributed by atoms with Crippen LogP contribution in [0.4, 0.5) is 9.52 Å². The molecule has 0 bridgehead atoms. The second-order valence-corrected chi connectivity index (χ2v) is 11.3. The molecule has 0 aliphatic carbocycles. The van der Waals surface area contributed by atoms with Gasteiger partial charge < -0.3 is 4.90 Å². The van der Waals surface area contributed by atoms with E-state index in [1.165, 1.54) is 23.5 Å². The Hall–Kier alpha value is -1.38. The normalized spacial score (nSPS) is 15.5. The van der Waals surface area contributed by atoms with Gasteiger partial charge in [-0.15, -0.1) is 11.3 Å². The average Bonchev–Trinajstić information content (AvgIpc) is 3.20. The van der Waals surface area contributed by atoms with Crippen LogP contribution in [0.3, 0.4) is 0 Å². The van der Waals surface area contributed by atoms with E-state index in [0.717, 1.165) is 22.5 Å². The van der Waals surface area contributed by atoms with Crippen LogP contribution in [0.25, 0.3) is 11.3 Å². The Morgan fingerprint density at radius 1 is 1.03 bits per heavy atom. The van der Waals surface area contributed by atoms with Crippen molar-refractivity contribution < 1.29 is 12.8 Å². The van der Waals surface area contributed by atoms with Crippen LogP contribution < -0.4 is 4.90 Å². The summed E-state index contributed by atoms with van der Waals surface area (Å²) in [5.41, 5.74) is 1.56. The van der Waals surface area contributed by atoms with Crippen molar-refractivity contribution in [3.05, 3.63) is 62.7 Å². The summed E-state index contributed by atoms with van der Waals surface area (Å²) >= 11 is 19.5. The average molecular weight is 506 g/mol. The fourth-order valence-electron chi connectivity index (χ4n) is 3.43. The van der Waals surface area contributed by atoms with E-state index < -0.39 is 20.9 Å². The van der Waals surface area contributed by atoms with Crippen molar-refractivity contribution in [2.75, 3.05) is 18.0 Å². The molecule has 2 heterocycles. The Kier molecular flexibility index (Phi) is 6.28. The zero-order chi connectivity index (χ0) is 21.5. The van der Waals surface area contributed by atoms with Crippen LogP contribution >= 0.6 is 46.1 Å². The third kappa shape index (κ3) is 4.32. The van der Waals surface area contributed by atoms with Crippen molar-refractivity contribution in [1.82, 2.24) is 4.98 Å². The third-order valence-corrected chi connectivity index (χ3v) is 9.07. The number of aromatic nitrogens is 1. The molecule has 3 aromatic rings. The van der Waals surface area contributed by atoms with Gasteiger partial charge in [0.15, 0.2) is 15.0 Å². The molecule has 1 aliphatic heterocycles. The molecule has 1 aliphatic rings. The van der Waals surface area contributed by atoms with Crippen molar-refractivity contribution in [2.45, 2.75) is 23.0 Å². The number of anilines is 1. The van der Waals surface area contributed by atoms with Crippen LogP contribution in [-0.2, 0) is 9.84 Å². The third-order valence-electron chi connectivity index (χ3n) is 5.07. The lowest BCUT2D eigenvalue weighted by Crippen LogP contribution is -2.39. The second-order valence-electron chi connectivity index (χ2n) is 6.95. The number of thiazole rings is 1. The van der Waals surface area contributed by atoms with E-state index in [2.05, 4.69) is 9.88 Å². The number of hydrogen-bond donors (Lipinski definition) is 0. The number of sulfone groups is 1. The maximum Gasteiger partial charge on any atom is 0.185 e. The van der Waals surface area contributed by atoms with E-state index in [1.54, 1.807) is 12.1 Å². The first-order chi connectivity index (χ1) is 14.3. The van der Waals surface area contributed by atoms with Gasteiger partial charge in [-0.2, -0.15) is 0 Å². The summed E-state index contributed by atoms with van der Waals surface area (Å²) in [5.74, 6) is -0.634. The first-order valence-electron chi connectivity index (χ1n) is 9.10. The molecule has 0 spiro atoms. The van der Waals surface area contributed by atoms with Crippen LogP contribution in [0.2, 0.25) is 15.1 Å². The van der Waals surface area contributed by atoms with Crippen molar-refractivity contribution in [2.24, 2.45) is 0 Å². The van der Waals surface area contributed by atoms with Crippen LogP contribution in [-0.4, -0.2) is 31.7 Å². The van der Waals surface area contributed by atoms with Crippen LogP contribution in [0.1, 0.15) is 12.8 Å². The fourth-order valence-corrected chi connectivity index (χ4v) is 6.82.